The second-order valence-corrected chi connectivity index (χ2v) is 8.46. The van der Waals surface area contributed by atoms with Crippen LogP contribution in [0.5, 0.6) is 0 Å². The lowest BCUT2D eigenvalue weighted by atomic mass is 10.2. The zero-order chi connectivity index (χ0) is 17.7. The molecule has 1 amide bonds. The molecule has 0 unspecified atom stereocenters. The van der Waals surface area contributed by atoms with Crippen LogP contribution in [-0.4, -0.2) is 62.3 Å². The fourth-order valence-corrected chi connectivity index (χ4v) is 4.26. The average Bonchev–Trinajstić information content (AvgIpc) is 2.59. The van der Waals surface area contributed by atoms with Crippen molar-refractivity contribution in [2.75, 3.05) is 32.7 Å². The number of nitrogens with one attached hydrogen (secondary N) is 1. The summed E-state index contributed by atoms with van der Waals surface area (Å²) in [5.41, 5.74) is 0. The molecule has 8 heteroatoms. The molecular formula is C16H22BrN3O3S. The van der Waals surface area contributed by atoms with Crippen molar-refractivity contribution < 1.29 is 13.2 Å². The molecule has 0 bridgehead atoms. The van der Waals surface area contributed by atoms with Gasteiger partial charge in [-0.1, -0.05) is 22.0 Å². The van der Waals surface area contributed by atoms with Crippen molar-refractivity contribution >= 4 is 31.9 Å². The predicted molar refractivity (Wildman–Crippen MR) is 97.1 cm³/mol. The van der Waals surface area contributed by atoms with Crippen molar-refractivity contribution in [3.63, 3.8) is 0 Å². The van der Waals surface area contributed by atoms with Gasteiger partial charge in [0.2, 0.25) is 15.9 Å². The van der Waals surface area contributed by atoms with Crippen LogP contribution in [0.4, 0.5) is 0 Å². The first-order valence-corrected chi connectivity index (χ1v) is 9.98. The van der Waals surface area contributed by atoms with Gasteiger partial charge in [0.1, 0.15) is 0 Å². The summed E-state index contributed by atoms with van der Waals surface area (Å²) in [6.45, 7) is 7.63. The third-order valence-corrected chi connectivity index (χ3v) is 6.51. The van der Waals surface area contributed by atoms with Crippen molar-refractivity contribution in [1.82, 2.24) is 14.5 Å². The van der Waals surface area contributed by atoms with Crippen LogP contribution in [0.25, 0.3) is 0 Å². The largest absolute Gasteiger partial charge is 0.351 e. The third-order valence-electron chi connectivity index (χ3n) is 4.07. The van der Waals surface area contributed by atoms with Gasteiger partial charge in [-0.05, 0) is 31.2 Å². The summed E-state index contributed by atoms with van der Waals surface area (Å²) in [6.07, 6.45) is 1.63. The number of piperazine rings is 1. The number of amides is 1. The first-order chi connectivity index (χ1) is 11.4. The molecule has 1 heterocycles. The lowest BCUT2D eigenvalue weighted by Crippen LogP contribution is -2.54. The van der Waals surface area contributed by atoms with Gasteiger partial charge in [-0.15, -0.1) is 6.58 Å². The van der Waals surface area contributed by atoms with E-state index < -0.39 is 10.0 Å². The average molecular weight is 416 g/mol. The molecule has 1 saturated heterocycles. The molecule has 2 rings (SSSR count). The van der Waals surface area contributed by atoms with E-state index >= 15 is 0 Å². The lowest BCUT2D eigenvalue weighted by Gasteiger charge is -2.36. The van der Waals surface area contributed by atoms with Crippen LogP contribution in [-0.2, 0) is 14.8 Å². The summed E-state index contributed by atoms with van der Waals surface area (Å²) >= 11 is 3.30. The maximum absolute atomic E-state index is 12.7. The van der Waals surface area contributed by atoms with Crippen LogP contribution in [0, 0.1) is 0 Å². The van der Waals surface area contributed by atoms with Gasteiger partial charge in [-0.3, -0.25) is 9.69 Å². The Hall–Kier alpha value is -1.22. The van der Waals surface area contributed by atoms with Crippen LogP contribution in [0.3, 0.4) is 0 Å². The standard InChI is InChI=1S/C16H22BrN3O3S/c1-3-8-18-16(21)13(2)19-9-11-20(12-10-19)24(22,23)15-6-4-14(17)5-7-15/h3-7,13H,1,8-12H2,2H3,(H,18,21)/t13-/m0/s1. The summed E-state index contributed by atoms with van der Waals surface area (Å²) in [5, 5.41) is 2.77. The molecule has 1 atom stereocenters. The number of carbonyl (C=O) groups is 1. The zero-order valence-electron chi connectivity index (χ0n) is 13.6. The molecule has 1 aromatic carbocycles. The fourth-order valence-electron chi connectivity index (χ4n) is 2.57. The molecule has 24 heavy (non-hydrogen) atoms. The highest BCUT2D eigenvalue weighted by molar-refractivity contribution is 9.10. The topological polar surface area (TPSA) is 69.7 Å². The third kappa shape index (κ3) is 4.44. The quantitative estimate of drug-likeness (QED) is 0.713. The second kappa shape index (κ2) is 8.24. The Bertz CT molecular complexity index is 683. The Labute approximate surface area is 151 Å². The Morgan fingerprint density at radius 1 is 1.29 bits per heavy atom. The molecule has 1 N–H and O–H groups in total. The molecule has 6 nitrogen and oxygen atoms in total. The van der Waals surface area contributed by atoms with E-state index in [1.165, 1.54) is 4.31 Å². The van der Waals surface area contributed by atoms with Crippen LogP contribution < -0.4 is 5.32 Å². The van der Waals surface area contributed by atoms with E-state index in [4.69, 9.17) is 0 Å². The van der Waals surface area contributed by atoms with E-state index in [1.807, 2.05) is 11.8 Å². The monoisotopic (exact) mass is 415 g/mol. The Morgan fingerprint density at radius 2 is 1.88 bits per heavy atom. The van der Waals surface area contributed by atoms with Gasteiger partial charge in [0, 0.05) is 37.2 Å². The van der Waals surface area contributed by atoms with Gasteiger partial charge < -0.3 is 5.32 Å². The van der Waals surface area contributed by atoms with Gasteiger partial charge in [0.05, 0.1) is 10.9 Å². The maximum Gasteiger partial charge on any atom is 0.243 e. The normalized spacial score (nSPS) is 18.1. The van der Waals surface area contributed by atoms with Gasteiger partial charge in [0.25, 0.3) is 0 Å². The highest BCUT2D eigenvalue weighted by atomic mass is 79.9. The van der Waals surface area contributed by atoms with Crippen LogP contribution in [0.2, 0.25) is 0 Å². The Morgan fingerprint density at radius 3 is 2.42 bits per heavy atom. The summed E-state index contributed by atoms with van der Waals surface area (Å²) in [6, 6.07) is 6.33. The van der Waals surface area contributed by atoms with E-state index in [1.54, 1.807) is 30.3 Å². The maximum atomic E-state index is 12.7. The van der Waals surface area contributed by atoms with Crippen LogP contribution in [0.1, 0.15) is 6.92 Å². The van der Waals surface area contributed by atoms with E-state index in [0.29, 0.717) is 32.7 Å². The van der Waals surface area contributed by atoms with Crippen LogP contribution >= 0.6 is 15.9 Å². The van der Waals surface area contributed by atoms with Crippen molar-refractivity contribution in [3.05, 3.63) is 41.4 Å². The number of carbonyl (C=O) groups excluding carboxylic acids is 1. The van der Waals surface area contributed by atoms with Gasteiger partial charge >= 0.3 is 0 Å². The van der Waals surface area contributed by atoms with E-state index in [9.17, 15) is 13.2 Å². The molecule has 132 valence electrons. The Balaban J connectivity index is 1.98. The molecular weight excluding hydrogens is 394 g/mol. The first kappa shape index (κ1) is 19.1. The minimum absolute atomic E-state index is 0.0703. The van der Waals surface area contributed by atoms with Crippen molar-refractivity contribution in [2.24, 2.45) is 0 Å². The zero-order valence-corrected chi connectivity index (χ0v) is 16.0. The number of hydrogen-bond donors (Lipinski definition) is 1. The molecule has 1 aliphatic rings. The van der Waals surface area contributed by atoms with Crippen LogP contribution in [0.15, 0.2) is 46.3 Å². The number of hydrogen-bond acceptors (Lipinski definition) is 4. The number of halogens is 1. The molecule has 1 fully saturated rings. The fraction of sp³-hybridized carbons (Fsp3) is 0.438. The van der Waals surface area contributed by atoms with Crippen molar-refractivity contribution in [3.8, 4) is 0 Å². The summed E-state index contributed by atoms with van der Waals surface area (Å²) in [7, 11) is -3.49. The summed E-state index contributed by atoms with van der Waals surface area (Å²) < 4.78 is 27.6. The highest BCUT2D eigenvalue weighted by Gasteiger charge is 2.31. The van der Waals surface area contributed by atoms with Gasteiger partial charge in [-0.25, -0.2) is 8.42 Å². The summed E-state index contributed by atoms with van der Waals surface area (Å²) in [5.74, 6) is -0.0703. The Kier molecular flexibility index (Phi) is 6.56. The SMILES string of the molecule is C=CCNC(=O)[C@H](C)N1CCN(S(=O)(=O)c2ccc(Br)cc2)CC1. The predicted octanol–water partition coefficient (Wildman–Crippen LogP) is 1.45. The highest BCUT2D eigenvalue weighted by Crippen LogP contribution is 2.20. The van der Waals surface area contributed by atoms with Crippen molar-refractivity contribution in [1.29, 1.82) is 0 Å². The molecule has 0 radical (unpaired) electrons. The van der Waals surface area contributed by atoms with Gasteiger partial charge in [0.15, 0.2) is 0 Å². The molecule has 1 aromatic rings. The van der Waals surface area contributed by atoms with E-state index in [2.05, 4.69) is 27.8 Å². The lowest BCUT2D eigenvalue weighted by molar-refractivity contribution is -0.126. The number of nitrogens with zero attached hydrogens (tertiary/aromatic N) is 2. The molecule has 0 saturated carbocycles. The minimum atomic E-state index is -3.49. The molecule has 0 aromatic heterocycles. The van der Waals surface area contributed by atoms with Gasteiger partial charge in [-0.2, -0.15) is 4.31 Å². The number of rotatable bonds is 6. The summed E-state index contributed by atoms with van der Waals surface area (Å²) in [4.78, 5) is 14.3. The second-order valence-electron chi connectivity index (χ2n) is 5.60. The minimum Gasteiger partial charge on any atom is -0.351 e. The van der Waals surface area contributed by atoms with Crippen molar-refractivity contribution in [2.45, 2.75) is 17.9 Å². The molecule has 1 aliphatic heterocycles. The first-order valence-electron chi connectivity index (χ1n) is 7.74. The smallest absolute Gasteiger partial charge is 0.243 e. The number of benzene rings is 1. The van der Waals surface area contributed by atoms with E-state index in [-0.39, 0.29) is 16.8 Å². The molecule has 0 spiro atoms. The van der Waals surface area contributed by atoms with E-state index in [0.717, 1.165) is 4.47 Å². The molecule has 0 aliphatic carbocycles. The number of sulfonamides is 1.